The van der Waals surface area contributed by atoms with Gasteiger partial charge in [-0.2, -0.15) is 0 Å². The van der Waals surface area contributed by atoms with Gasteiger partial charge >= 0.3 is 5.97 Å². The highest BCUT2D eigenvalue weighted by atomic mass is 16.4. The molecular weight excluding hydrogens is 196 g/mol. The van der Waals surface area contributed by atoms with Gasteiger partial charge in [0.15, 0.2) is 0 Å². The van der Waals surface area contributed by atoms with Crippen molar-refractivity contribution >= 4 is 5.97 Å². The summed E-state index contributed by atoms with van der Waals surface area (Å²) in [7, 11) is 0. The number of carboxylic acid groups (broad SMARTS) is 1. The van der Waals surface area contributed by atoms with Crippen molar-refractivity contribution < 1.29 is 20.1 Å². The molecule has 90 valence electrons. The van der Waals surface area contributed by atoms with Gasteiger partial charge in [0.2, 0.25) is 0 Å². The highest BCUT2D eigenvalue weighted by Crippen LogP contribution is 2.10. The molecular formula is C11H22O4. The van der Waals surface area contributed by atoms with Gasteiger partial charge in [0, 0.05) is 0 Å². The monoisotopic (exact) mass is 218 g/mol. The average molecular weight is 218 g/mol. The van der Waals surface area contributed by atoms with E-state index in [1.807, 2.05) is 0 Å². The van der Waals surface area contributed by atoms with Crippen LogP contribution < -0.4 is 0 Å². The van der Waals surface area contributed by atoms with Gasteiger partial charge < -0.3 is 15.3 Å². The molecule has 0 aliphatic rings. The predicted molar refractivity (Wildman–Crippen MR) is 57.6 cm³/mol. The summed E-state index contributed by atoms with van der Waals surface area (Å²) >= 11 is 0. The minimum Gasteiger partial charge on any atom is -0.481 e. The Morgan fingerprint density at radius 1 is 1.07 bits per heavy atom. The zero-order valence-electron chi connectivity index (χ0n) is 9.35. The lowest BCUT2D eigenvalue weighted by molar-refractivity contribution is -0.139. The summed E-state index contributed by atoms with van der Waals surface area (Å²) in [6, 6.07) is 0. The second-order valence-electron chi connectivity index (χ2n) is 4.09. The third-order valence-corrected chi connectivity index (χ3v) is 2.32. The molecule has 0 fully saturated rings. The number of aliphatic hydroxyl groups excluding tert-OH is 2. The van der Waals surface area contributed by atoms with E-state index in [0.29, 0.717) is 6.42 Å². The van der Waals surface area contributed by atoms with Gasteiger partial charge in [-0.15, -0.1) is 0 Å². The Morgan fingerprint density at radius 3 is 2.07 bits per heavy atom. The summed E-state index contributed by atoms with van der Waals surface area (Å²) in [4.78, 5) is 10.2. The van der Waals surface area contributed by atoms with E-state index in [2.05, 4.69) is 0 Å². The first-order valence-electron chi connectivity index (χ1n) is 5.60. The lowest BCUT2D eigenvalue weighted by Crippen LogP contribution is -2.12. The summed E-state index contributed by atoms with van der Waals surface area (Å²) in [6.07, 6.45) is 4.14. The molecule has 0 bridgehead atoms. The van der Waals surface area contributed by atoms with E-state index in [1.165, 1.54) is 0 Å². The van der Waals surface area contributed by atoms with Crippen LogP contribution in [-0.4, -0.2) is 33.5 Å². The highest BCUT2D eigenvalue weighted by molar-refractivity contribution is 5.67. The molecule has 4 nitrogen and oxygen atoms in total. The molecule has 0 heterocycles. The molecule has 4 heteroatoms. The molecule has 0 aliphatic carbocycles. The number of hydrogen-bond acceptors (Lipinski definition) is 3. The summed E-state index contributed by atoms with van der Waals surface area (Å²) < 4.78 is 0. The SMILES string of the molecule is C[C@@H](O)CCCCCC[C@@H](O)CC(=O)O. The standard InChI is InChI=1S/C11H22O4/c1-9(12)6-4-2-3-5-7-10(13)8-11(14)15/h9-10,12-13H,2-8H2,1H3,(H,14,15)/t9-,10-/m1/s1. The zero-order chi connectivity index (χ0) is 11.7. The van der Waals surface area contributed by atoms with Crippen LogP contribution in [-0.2, 0) is 4.79 Å². The minimum atomic E-state index is -0.948. The van der Waals surface area contributed by atoms with E-state index in [-0.39, 0.29) is 12.5 Å². The molecule has 0 aromatic heterocycles. The predicted octanol–water partition coefficient (Wildman–Crippen LogP) is 1.54. The number of hydrogen-bond donors (Lipinski definition) is 3. The lowest BCUT2D eigenvalue weighted by Gasteiger charge is -2.07. The van der Waals surface area contributed by atoms with Crippen molar-refractivity contribution in [1.82, 2.24) is 0 Å². The van der Waals surface area contributed by atoms with Crippen LogP contribution in [0.1, 0.15) is 51.9 Å². The molecule has 2 atom stereocenters. The van der Waals surface area contributed by atoms with Crippen LogP contribution in [0.15, 0.2) is 0 Å². The van der Waals surface area contributed by atoms with E-state index in [0.717, 1.165) is 32.1 Å². The number of unbranched alkanes of at least 4 members (excludes halogenated alkanes) is 3. The van der Waals surface area contributed by atoms with Gasteiger partial charge in [-0.05, 0) is 19.8 Å². The molecule has 0 aromatic carbocycles. The van der Waals surface area contributed by atoms with Gasteiger partial charge in [-0.25, -0.2) is 0 Å². The summed E-state index contributed by atoms with van der Waals surface area (Å²) in [6.45, 7) is 1.77. The number of rotatable bonds is 9. The van der Waals surface area contributed by atoms with E-state index >= 15 is 0 Å². The van der Waals surface area contributed by atoms with Gasteiger partial charge in [0.1, 0.15) is 0 Å². The van der Waals surface area contributed by atoms with Crippen LogP contribution in [0.5, 0.6) is 0 Å². The number of aliphatic carboxylic acids is 1. The van der Waals surface area contributed by atoms with Crippen molar-refractivity contribution in [3.05, 3.63) is 0 Å². The number of aliphatic hydroxyl groups is 2. The largest absolute Gasteiger partial charge is 0.481 e. The van der Waals surface area contributed by atoms with E-state index in [9.17, 15) is 9.90 Å². The molecule has 3 N–H and O–H groups in total. The van der Waals surface area contributed by atoms with Gasteiger partial charge in [0.05, 0.1) is 18.6 Å². The Kier molecular flexibility index (Phi) is 8.33. The molecule has 0 spiro atoms. The molecule has 0 saturated carbocycles. The fourth-order valence-corrected chi connectivity index (χ4v) is 1.48. The second-order valence-corrected chi connectivity index (χ2v) is 4.09. The minimum absolute atomic E-state index is 0.159. The van der Waals surface area contributed by atoms with Gasteiger partial charge in [-0.1, -0.05) is 25.7 Å². The number of carbonyl (C=O) groups is 1. The Morgan fingerprint density at radius 2 is 1.60 bits per heavy atom. The first kappa shape index (κ1) is 14.4. The average Bonchev–Trinajstić information content (AvgIpc) is 2.09. The van der Waals surface area contributed by atoms with Crippen molar-refractivity contribution in [3.8, 4) is 0 Å². The van der Waals surface area contributed by atoms with Crippen molar-refractivity contribution in [2.24, 2.45) is 0 Å². The molecule has 0 saturated heterocycles. The van der Waals surface area contributed by atoms with Crippen molar-refractivity contribution in [2.75, 3.05) is 0 Å². The zero-order valence-corrected chi connectivity index (χ0v) is 9.35. The molecule has 0 rings (SSSR count). The maximum Gasteiger partial charge on any atom is 0.305 e. The maximum absolute atomic E-state index is 10.2. The van der Waals surface area contributed by atoms with Crippen LogP contribution in [0.25, 0.3) is 0 Å². The molecule has 0 radical (unpaired) electrons. The maximum atomic E-state index is 10.2. The van der Waals surface area contributed by atoms with Gasteiger partial charge in [-0.3, -0.25) is 4.79 Å². The topological polar surface area (TPSA) is 77.8 Å². The highest BCUT2D eigenvalue weighted by Gasteiger charge is 2.08. The van der Waals surface area contributed by atoms with Crippen LogP contribution >= 0.6 is 0 Å². The molecule has 0 amide bonds. The van der Waals surface area contributed by atoms with Crippen LogP contribution in [0.4, 0.5) is 0 Å². The smallest absolute Gasteiger partial charge is 0.305 e. The van der Waals surface area contributed by atoms with Crippen molar-refractivity contribution in [3.63, 3.8) is 0 Å². The summed E-state index contributed by atoms with van der Waals surface area (Å²) in [5.41, 5.74) is 0. The normalized spacial score (nSPS) is 14.9. The first-order chi connectivity index (χ1) is 7.02. The first-order valence-corrected chi connectivity index (χ1v) is 5.60. The Balaban J connectivity index is 3.20. The lowest BCUT2D eigenvalue weighted by atomic mass is 10.1. The van der Waals surface area contributed by atoms with E-state index in [4.69, 9.17) is 10.2 Å². The van der Waals surface area contributed by atoms with Crippen molar-refractivity contribution in [1.29, 1.82) is 0 Å². The third-order valence-electron chi connectivity index (χ3n) is 2.32. The van der Waals surface area contributed by atoms with Crippen LogP contribution in [0, 0.1) is 0 Å². The Hall–Kier alpha value is -0.610. The number of carboxylic acids is 1. The van der Waals surface area contributed by atoms with E-state index < -0.39 is 12.1 Å². The third kappa shape index (κ3) is 11.3. The van der Waals surface area contributed by atoms with E-state index in [1.54, 1.807) is 6.92 Å². The van der Waals surface area contributed by atoms with Crippen LogP contribution in [0.2, 0.25) is 0 Å². The second kappa shape index (κ2) is 8.68. The van der Waals surface area contributed by atoms with Crippen LogP contribution in [0.3, 0.4) is 0 Å². The molecule has 15 heavy (non-hydrogen) atoms. The molecule has 0 unspecified atom stereocenters. The Bertz CT molecular complexity index is 168. The summed E-state index contributed by atoms with van der Waals surface area (Å²) in [5.74, 6) is -0.948. The molecule has 0 aromatic rings. The fraction of sp³-hybridized carbons (Fsp3) is 0.909. The summed E-state index contributed by atoms with van der Waals surface area (Å²) in [5, 5.41) is 26.6. The fourth-order valence-electron chi connectivity index (χ4n) is 1.48. The molecule has 0 aliphatic heterocycles. The Labute approximate surface area is 90.9 Å². The van der Waals surface area contributed by atoms with Gasteiger partial charge in [0.25, 0.3) is 0 Å². The quantitative estimate of drug-likeness (QED) is 0.513. The van der Waals surface area contributed by atoms with Crippen molar-refractivity contribution in [2.45, 2.75) is 64.1 Å².